The van der Waals surface area contributed by atoms with Gasteiger partial charge in [-0.25, -0.2) is 0 Å². The highest BCUT2D eigenvalue weighted by Crippen LogP contribution is 2.12. The molecule has 0 saturated heterocycles. The third-order valence-corrected chi connectivity index (χ3v) is 2.43. The molecule has 0 radical (unpaired) electrons. The van der Waals surface area contributed by atoms with Crippen molar-refractivity contribution in [3.05, 3.63) is 48.2 Å². The summed E-state index contributed by atoms with van der Waals surface area (Å²) in [5, 5.41) is 11.0. The summed E-state index contributed by atoms with van der Waals surface area (Å²) in [6, 6.07) is 11.8. The van der Waals surface area contributed by atoms with Crippen molar-refractivity contribution < 1.29 is 4.74 Å². The molecule has 88 valence electrons. The molecule has 0 aliphatic rings. The van der Waals surface area contributed by atoms with Gasteiger partial charge in [-0.15, -0.1) is 5.10 Å². The second kappa shape index (κ2) is 5.84. The summed E-state index contributed by atoms with van der Waals surface area (Å²) in [6.45, 7) is 0.825. The maximum absolute atomic E-state index is 5.18. The van der Waals surface area contributed by atoms with E-state index >= 15 is 0 Å². The van der Waals surface area contributed by atoms with Crippen LogP contribution >= 0.6 is 0 Å². The molecule has 1 N–H and O–H groups in total. The summed E-state index contributed by atoms with van der Waals surface area (Å²) in [5.74, 6) is 1.69. The Labute approximate surface area is 101 Å². The van der Waals surface area contributed by atoms with E-state index in [0.29, 0.717) is 0 Å². The average molecular weight is 229 g/mol. The minimum absolute atomic E-state index is 0.801. The summed E-state index contributed by atoms with van der Waals surface area (Å²) in [6.07, 6.45) is 2.58. The van der Waals surface area contributed by atoms with E-state index < -0.39 is 0 Å². The third kappa shape index (κ3) is 3.45. The van der Waals surface area contributed by atoms with Gasteiger partial charge in [0.1, 0.15) is 11.6 Å². The predicted molar refractivity (Wildman–Crippen MR) is 67.2 cm³/mol. The van der Waals surface area contributed by atoms with E-state index in [1.807, 2.05) is 30.3 Å². The van der Waals surface area contributed by atoms with Crippen LogP contribution in [0.3, 0.4) is 0 Å². The second-order valence-corrected chi connectivity index (χ2v) is 3.64. The summed E-state index contributed by atoms with van der Waals surface area (Å²) in [5.41, 5.74) is 1.24. The highest BCUT2D eigenvalue weighted by molar-refractivity contribution is 5.33. The molecule has 17 heavy (non-hydrogen) atoms. The Morgan fingerprint density at radius 1 is 1.24 bits per heavy atom. The first kappa shape index (κ1) is 11.4. The first-order chi connectivity index (χ1) is 8.38. The van der Waals surface area contributed by atoms with Gasteiger partial charge in [-0.2, -0.15) is 5.10 Å². The molecule has 4 heteroatoms. The zero-order chi connectivity index (χ0) is 11.9. The van der Waals surface area contributed by atoms with E-state index in [-0.39, 0.29) is 0 Å². The van der Waals surface area contributed by atoms with Crippen molar-refractivity contribution >= 4 is 5.82 Å². The summed E-state index contributed by atoms with van der Waals surface area (Å²) >= 11 is 0. The number of aromatic nitrogens is 2. The maximum Gasteiger partial charge on any atom is 0.148 e. The van der Waals surface area contributed by atoms with Crippen LogP contribution in [0.15, 0.2) is 42.6 Å². The van der Waals surface area contributed by atoms with Crippen LogP contribution in [0, 0.1) is 0 Å². The monoisotopic (exact) mass is 229 g/mol. The minimum atomic E-state index is 0.801. The first-order valence-corrected chi connectivity index (χ1v) is 5.53. The van der Waals surface area contributed by atoms with Crippen LogP contribution in [0.2, 0.25) is 0 Å². The standard InChI is InChI=1S/C13H15N3O/c1-17-12-5-2-4-11(10-12)7-9-14-13-6-3-8-15-16-13/h2-6,8,10H,7,9H2,1H3,(H,14,16). The van der Waals surface area contributed by atoms with Crippen LogP contribution in [0.25, 0.3) is 0 Å². The molecule has 1 heterocycles. The van der Waals surface area contributed by atoms with Gasteiger partial charge in [0.2, 0.25) is 0 Å². The van der Waals surface area contributed by atoms with Gasteiger partial charge in [-0.05, 0) is 36.2 Å². The SMILES string of the molecule is COc1cccc(CCNc2cccnn2)c1. The molecular weight excluding hydrogens is 214 g/mol. The molecule has 0 atom stereocenters. The molecular formula is C13H15N3O. The van der Waals surface area contributed by atoms with Crippen molar-refractivity contribution in [2.24, 2.45) is 0 Å². The number of methoxy groups -OCH3 is 1. The Balaban J connectivity index is 1.86. The van der Waals surface area contributed by atoms with Gasteiger partial charge >= 0.3 is 0 Å². The lowest BCUT2D eigenvalue weighted by Crippen LogP contribution is -2.06. The molecule has 0 bridgehead atoms. The van der Waals surface area contributed by atoms with Gasteiger partial charge in [0, 0.05) is 12.7 Å². The van der Waals surface area contributed by atoms with Crippen LogP contribution in [0.5, 0.6) is 5.75 Å². The lowest BCUT2D eigenvalue weighted by atomic mass is 10.1. The van der Waals surface area contributed by atoms with Gasteiger partial charge in [0.15, 0.2) is 0 Å². The van der Waals surface area contributed by atoms with E-state index in [2.05, 4.69) is 21.6 Å². The van der Waals surface area contributed by atoms with Crippen LogP contribution < -0.4 is 10.1 Å². The van der Waals surface area contributed by atoms with Crippen LogP contribution in [0.4, 0.5) is 5.82 Å². The van der Waals surface area contributed by atoms with Gasteiger partial charge in [0.25, 0.3) is 0 Å². The van der Waals surface area contributed by atoms with Crippen molar-refractivity contribution in [2.45, 2.75) is 6.42 Å². The zero-order valence-corrected chi connectivity index (χ0v) is 9.76. The topological polar surface area (TPSA) is 47.0 Å². The number of hydrogen-bond acceptors (Lipinski definition) is 4. The summed E-state index contributed by atoms with van der Waals surface area (Å²) < 4.78 is 5.18. The van der Waals surface area contributed by atoms with E-state index in [1.165, 1.54) is 5.56 Å². The van der Waals surface area contributed by atoms with Gasteiger partial charge in [-0.1, -0.05) is 12.1 Å². The Kier molecular flexibility index (Phi) is 3.91. The third-order valence-electron chi connectivity index (χ3n) is 2.43. The normalized spacial score (nSPS) is 9.94. The van der Waals surface area contributed by atoms with E-state index in [0.717, 1.165) is 24.5 Å². The number of nitrogens with zero attached hydrogens (tertiary/aromatic N) is 2. The van der Waals surface area contributed by atoms with E-state index in [1.54, 1.807) is 13.3 Å². The number of hydrogen-bond donors (Lipinski definition) is 1. The fourth-order valence-corrected chi connectivity index (χ4v) is 1.56. The highest BCUT2D eigenvalue weighted by atomic mass is 16.5. The first-order valence-electron chi connectivity index (χ1n) is 5.53. The molecule has 2 aromatic rings. The number of benzene rings is 1. The Bertz CT molecular complexity index is 459. The van der Waals surface area contributed by atoms with Gasteiger partial charge in [-0.3, -0.25) is 0 Å². The fourth-order valence-electron chi connectivity index (χ4n) is 1.56. The number of anilines is 1. The van der Waals surface area contributed by atoms with Gasteiger partial charge in [0.05, 0.1) is 7.11 Å². The van der Waals surface area contributed by atoms with Crippen LogP contribution in [0.1, 0.15) is 5.56 Å². The smallest absolute Gasteiger partial charge is 0.148 e. The van der Waals surface area contributed by atoms with Crippen molar-refractivity contribution in [1.82, 2.24) is 10.2 Å². The lowest BCUT2D eigenvalue weighted by molar-refractivity contribution is 0.414. The zero-order valence-electron chi connectivity index (χ0n) is 9.76. The number of rotatable bonds is 5. The van der Waals surface area contributed by atoms with Crippen LogP contribution in [-0.4, -0.2) is 23.9 Å². The maximum atomic E-state index is 5.18. The molecule has 0 unspecified atom stereocenters. The highest BCUT2D eigenvalue weighted by Gasteiger charge is 1.96. The van der Waals surface area contributed by atoms with Crippen molar-refractivity contribution in [2.75, 3.05) is 19.0 Å². The molecule has 4 nitrogen and oxygen atoms in total. The van der Waals surface area contributed by atoms with E-state index in [9.17, 15) is 0 Å². The van der Waals surface area contributed by atoms with Crippen molar-refractivity contribution in [3.63, 3.8) is 0 Å². The molecule has 0 spiro atoms. The van der Waals surface area contributed by atoms with Crippen LogP contribution in [-0.2, 0) is 6.42 Å². The molecule has 1 aromatic carbocycles. The molecule has 2 rings (SSSR count). The molecule has 1 aromatic heterocycles. The average Bonchev–Trinajstić information content (AvgIpc) is 2.40. The second-order valence-electron chi connectivity index (χ2n) is 3.64. The predicted octanol–water partition coefficient (Wildman–Crippen LogP) is 2.14. The lowest BCUT2D eigenvalue weighted by Gasteiger charge is -2.06. The molecule has 0 aliphatic carbocycles. The van der Waals surface area contributed by atoms with Gasteiger partial charge < -0.3 is 10.1 Å². The Hall–Kier alpha value is -2.10. The van der Waals surface area contributed by atoms with E-state index in [4.69, 9.17) is 4.74 Å². The molecule has 0 aliphatic heterocycles. The number of nitrogens with one attached hydrogen (secondary N) is 1. The molecule has 0 fully saturated rings. The number of ether oxygens (including phenoxy) is 1. The quantitative estimate of drug-likeness (QED) is 0.853. The van der Waals surface area contributed by atoms with Crippen molar-refractivity contribution in [1.29, 1.82) is 0 Å². The largest absolute Gasteiger partial charge is 0.497 e. The van der Waals surface area contributed by atoms with Crippen molar-refractivity contribution in [3.8, 4) is 5.75 Å². The molecule has 0 saturated carbocycles. The Morgan fingerprint density at radius 2 is 2.18 bits per heavy atom. The summed E-state index contributed by atoms with van der Waals surface area (Å²) in [7, 11) is 1.68. The minimum Gasteiger partial charge on any atom is -0.497 e. The molecule has 0 amide bonds. The Morgan fingerprint density at radius 3 is 2.94 bits per heavy atom. The fraction of sp³-hybridized carbons (Fsp3) is 0.231. The summed E-state index contributed by atoms with van der Waals surface area (Å²) in [4.78, 5) is 0.